The number of imide groups is 1. The second kappa shape index (κ2) is 12.8. The summed E-state index contributed by atoms with van der Waals surface area (Å²) in [6.45, 7) is 7.58. The van der Waals surface area contributed by atoms with Crippen LogP contribution in [0.2, 0.25) is 0 Å². The van der Waals surface area contributed by atoms with Crippen LogP contribution in [0.5, 0.6) is 11.5 Å². The van der Waals surface area contributed by atoms with E-state index in [-0.39, 0.29) is 24.0 Å². The molecule has 10 nitrogen and oxygen atoms in total. The predicted octanol–water partition coefficient (Wildman–Crippen LogP) is 3.61. The van der Waals surface area contributed by atoms with E-state index in [1.165, 1.54) is 0 Å². The lowest BCUT2D eigenvalue weighted by Crippen LogP contribution is -2.43. The van der Waals surface area contributed by atoms with E-state index in [9.17, 15) is 19.2 Å². The number of carbonyl (C=O) groups is 4. The normalized spacial score (nSPS) is 16.5. The highest BCUT2D eigenvalue weighted by Gasteiger charge is 2.36. The molecule has 0 aromatic heterocycles. The maximum Gasteiger partial charge on any atom is 0.294 e. The molecule has 4 amide bonds. The minimum absolute atomic E-state index is 0.136. The van der Waals surface area contributed by atoms with Gasteiger partial charge >= 0.3 is 0 Å². The summed E-state index contributed by atoms with van der Waals surface area (Å²) in [4.78, 5) is 53.3. The molecule has 0 spiro atoms. The van der Waals surface area contributed by atoms with Crippen molar-refractivity contribution < 1.29 is 33.4 Å². The first-order chi connectivity index (χ1) is 18.7. The van der Waals surface area contributed by atoms with Crippen molar-refractivity contribution in [1.29, 1.82) is 0 Å². The Morgan fingerprint density at radius 3 is 2.44 bits per heavy atom. The molecule has 4 rings (SSSR count). The lowest BCUT2D eigenvalue weighted by Gasteiger charge is -2.26. The summed E-state index contributed by atoms with van der Waals surface area (Å²) in [7, 11) is 0. The Hall–Kier alpha value is -3.83. The minimum Gasteiger partial charge on any atom is -0.490 e. The number of rotatable bonds is 9. The Morgan fingerprint density at radius 2 is 1.74 bits per heavy atom. The van der Waals surface area contributed by atoms with Crippen molar-refractivity contribution in [3.05, 3.63) is 58.0 Å². The Morgan fingerprint density at radius 1 is 1.03 bits per heavy atom. The van der Waals surface area contributed by atoms with Gasteiger partial charge in [0.15, 0.2) is 18.1 Å². The molecule has 2 aromatic rings. The van der Waals surface area contributed by atoms with Gasteiger partial charge < -0.3 is 24.4 Å². The molecule has 2 aliphatic rings. The van der Waals surface area contributed by atoms with Gasteiger partial charge in [0.05, 0.1) is 24.7 Å². The van der Waals surface area contributed by atoms with Crippen LogP contribution >= 0.6 is 11.8 Å². The third-order valence-electron chi connectivity index (χ3n) is 5.96. The van der Waals surface area contributed by atoms with Crippen LogP contribution in [-0.4, -0.2) is 78.8 Å². The van der Waals surface area contributed by atoms with Crippen molar-refractivity contribution in [2.45, 2.75) is 20.8 Å². The number of hydrogen-bond acceptors (Lipinski definition) is 8. The summed E-state index contributed by atoms with van der Waals surface area (Å²) in [5, 5.41) is 2.23. The van der Waals surface area contributed by atoms with Crippen molar-refractivity contribution >= 4 is 46.5 Å². The van der Waals surface area contributed by atoms with Gasteiger partial charge in [-0.1, -0.05) is 12.1 Å². The summed E-state index contributed by atoms with van der Waals surface area (Å²) in [5.74, 6) is -0.342. The number of carbonyl (C=O) groups excluding carboxylic acids is 4. The first-order valence-electron chi connectivity index (χ1n) is 12.6. The van der Waals surface area contributed by atoms with Gasteiger partial charge in [-0.25, -0.2) is 0 Å². The predicted molar refractivity (Wildman–Crippen MR) is 148 cm³/mol. The molecular weight excluding hydrogens is 522 g/mol. The highest BCUT2D eigenvalue weighted by Crippen LogP contribution is 2.34. The van der Waals surface area contributed by atoms with Crippen LogP contribution in [0.4, 0.5) is 10.5 Å². The van der Waals surface area contributed by atoms with Crippen LogP contribution < -0.4 is 14.8 Å². The highest BCUT2D eigenvalue weighted by molar-refractivity contribution is 8.18. The zero-order valence-corrected chi connectivity index (χ0v) is 23.0. The van der Waals surface area contributed by atoms with Crippen molar-refractivity contribution in [1.82, 2.24) is 9.80 Å². The molecule has 2 fully saturated rings. The van der Waals surface area contributed by atoms with Gasteiger partial charge in [-0.15, -0.1) is 0 Å². The lowest BCUT2D eigenvalue weighted by molar-refractivity contribution is -0.137. The average molecular weight is 554 g/mol. The molecule has 0 radical (unpaired) electrons. The van der Waals surface area contributed by atoms with Gasteiger partial charge in [-0.3, -0.25) is 24.1 Å². The molecule has 2 saturated heterocycles. The third kappa shape index (κ3) is 7.39. The van der Waals surface area contributed by atoms with Crippen LogP contribution in [0.25, 0.3) is 6.08 Å². The van der Waals surface area contributed by atoms with E-state index in [0.29, 0.717) is 55.7 Å². The molecule has 206 valence electrons. The number of hydrogen-bond donors (Lipinski definition) is 1. The molecule has 0 saturated carbocycles. The van der Waals surface area contributed by atoms with Gasteiger partial charge in [-0.05, 0) is 79.6 Å². The van der Waals surface area contributed by atoms with Gasteiger partial charge in [0.1, 0.15) is 6.54 Å². The second-order valence-electron chi connectivity index (χ2n) is 9.11. The highest BCUT2D eigenvalue weighted by atomic mass is 32.2. The van der Waals surface area contributed by atoms with E-state index in [2.05, 4.69) is 5.32 Å². The van der Waals surface area contributed by atoms with Gasteiger partial charge in [0.25, 0.3) is 17.1 Å². The molecule has 1 N–H and O–H groups in total. The zero-order chi connectivity index (χ0) is 27.9. The number of ether oxygens (including phenoxy) is 3. The molecule has 0 bridgehead atoms. The number of amides is 4. The molecule has 39 heavy (non-hydrogen) atoms. The SMILES string of the molecule is CCOc1cc(/C=C2\SC(=O)N(CC(=O)Nc3cc(C)cc(C)c3)C2=O)ccc1OCC(=O)N1CCOCC1. The van der Waals surface area contributed by atoms with Crippen molar-refractivity contribution in [2.24, 2.45) is 0 Å². The Kier molecular flexibility index (Phi) is 9.26. The number of morpholine rings is 1. The van der Waals surface area contributed by atoms with E-state index in [1.807, 2.05) is 39.0 Å². The number of nitrogens with zero attached hydrogens (tertiary/aromatic N) is 2. The number of benzene rings is 2. The Bertz CT molecular complexity index is 1280. The number of anilines is 1. The Balaban J connectivity index is 1.41. The molecule has 11 heteroatoms. The molecule has 2 heterocycles. The van der Waals surface area contributed by atoms with Crippen molar-refractivity contribution in [2.75, 3.05) is 51.4 Å². The van der Waals surface area contributed by atoms with Crippen LogP contribution in [0.1, 0.15) is 23.6 Å². The summed E-state index contributed by atoms with van der Waals surface area (Å²) >= 11 is 0.769. The van der Waals surface area contributed by atoms with Gasteiger partial charge in [0.2, 0.25) is 5.91 Å². The van der Waals surface area contributed by atoms with Gasteiger partial charge in [0, 0.05) is 18.8 Å². The molecule has 0 unspecified atom stereocenters. The van der Waals surface area contributed by atoms with E-state index in [0.717, 1.165) is 27.8 Å². The first kappa shape index (κ1) is 28.2. The summed E-state index contributed by atoms with van der Waals surface area (Å²) in [5.41, 5.74) is 3.20. The maximum absolute atomic E-state index is 13.0. The summed E-state index contributed by atoms with van der Waals surface area (Å²) < 4.78 is 16.7. The number of aryl methyl sites for hydroxylation is 2. The fraction of sp³-hybridized carbons (Fsp3) is 0.357. The number of thioether (sulfide) groups is 1. The van der Waals surface area contributed by atoms with E-state index >= 15 is 0 Å². The van der Waals surface area contributed by atoms with E-state index in [1.54, 1.807) is 29.2 Å². The Labute approximate surface area is 231 Å². The molecule has 2 aromatic carbocycles. The number of nitrogens with one attached hydrogen (secondary N) is 1. The van der Waals surface area contributed by atoms with Crippen LogP contribution in [-0.2, 0) is 19.1 Å². The molecule has 0 atom stereocenters. The first-order valence-corrected chi connectivity index (χ1v) is 13.4. The molecular formula is C28H31N3O7S. The average Bonchev–Trinajstić information content (AvgIpc) is 3.15. The van der Waals surface area contributed by atoms with Crippen molar-refractivity contribution in [3.63, 3.8) is 0 Å². The van der Waals surface area contributed by atoms with Crippen LogP contribution in [0, 0.1) is 13.8 Å². The standard InChI is InChI=1S/C28H31N3O7S/c1-4-37-23-14-20(5-6-22(23)38-17-26(33)30-7-9-36-10-8-30)15-24-27(34)31(28(35)39-24)16-25(32)29-21-12-18(2)11-19(3)13-21/h5-6,11-15H,4,7-10,16-17H2,1-3H3,(H,29,32)/b24-15-. The summed E-state index contributed by atoms with van der Waals surface area (Å²) in [6.07, 6.45) is 1.57. The topological polar surface area (TPSA) is 114 Å². The summed E-state index contributed by atoms with van der Waals surface area (Å²) in [6, 6.07) is 10.7. The van der Waals surface area contributed by atoms with Crippen molar-refractivity contribution in [3.8, 4) is 11.5 Å². The molecule has 0 aliphatic carbocycles. The molecule has 2 aliphatic heterocycles. The minimum atomic E-state index is -0.546. The largest absolute Gasteiger partial charge is 0.490 e. The zero-order valence-electron chi connectivity index (χ0n) is 22.2. The van der Waals surface area contributed by atoms with Crippen LogP contribution in [0.3, 0.4) is 0 Å². The quantitative estimate of drug-likeness (QED) is 0.469. The third-order valence-corrected chi connectivity index (χ3v) is 6.87. The fourth-order valence-corrected chi connectivity index (χ4v) is 5.06. The van der Waals surface area contributed by atoms with Gasteiger partial charge in [-0.2, -0.15) is 0 Å². The van der Waals surface area contributed by atoms with E-state index < -0.39 is 17.1 Å². The monoisotopic (exact) mass is 553 g/mol. The second-order valence-corrected chi connectivity index (χ2v) is 10.1. The lowest BCUT2D eigenvalue weighted by atomic mass is 10.1. The van der Waals surface area contributed by atoms with E-state index in [4.69, 9.17) is 14.2 Å². The fourth-order valence-electron chi connectivity index (χ4n) is 4.22. The van der Waals surface area contributed by atoms with Crippen LogP contribution in [0.15, 0.2) is 41.3 Å². The maximum atomic E-state index is 13.0. The smallest absolute Gasteiger partial charge is 0.294 e.